The summed E-state index contributed by atoms with van der Waals surface area (Å²) in [5.41, 5.74) is 4.65. The number of nitrogens with one attached hydrogen (secondary N) is 1. The smallest absolute Gasteiger partial charge is 0.407 e. The molecule has 1 amide bonds. The second kappa shape index (κ2) is 17.0. The van der Waals surface area contributed by atoms with Crippen LogP contribution in [0.15, 0.2) is 72.8 Å². The zero-order valence-corrected chi connectivity index (χ0v) is 29.3. The second-order valence-electron chi connectivity index (χ2n) is 12.4. The van der Waals surface area contributed by atoms with E-state index in [1.54, 1.807) is 12.1 Å². The molecule has 15 heteroatoms. The standard InChI is InChI=1S/C38H39NO14/c1-20(40)47-19-32-33(49-21(2)41)34(50-22(3)42)35(51-23(4)43)37(53-32)52-25-15-13-24(14-16-25)17-31(36(44)45)39-38(46)48-18-30-28-11-7-5-9-26(28)27-10-6-8-12-29(27)30/h5-16,30-35,37H,17-19H2,1-4H3,(H,39,46)(H,44,45)/t31-,32?,33?,34?,35?,37?/m0/s1. The van der Waals surface area contributed by atoms with Gasteiger partial charge in [-0.05, 0) is 39.9 Å². The molecule has 1 aliphatic carbocycles. The zero-order valence-electron chi connectivity index (χ0n) is 29.3. The molecular formula is C38H39NO14. The normalized spacial score (nSPS) is 20.8. The van der Waals surface area contributed by atoms with Crippen LogP contribution in [-0.2, 0) is 58.8 Å². The number of esters is 4. The average molecular weight is 734 g/mol. The predicted octanol–water partition coefficient (Wildman–Crippen LogP) is 3.68. The lowest BCUT2D eigenvalue weighted by molar-refractivity contribution is -0.288. The van der Waals surface area contributed by atoms with Gasteiger partial charge in [0.15, 0.2) is 12.2 Å². The Bertz CT molecular complexity index is 1800. The molecule has 2 aliphatic rings. The largest absolute Gasteiger partial charge is 0.480 e. The van der Waals surface area contributed by atoms with Gasteiger partial charge in [-0.2, -0.15) is 0 Å². The molecule has 6 atom stereocenters. The Morgan fingerprint density at radius 2 is 1.23 bits per heavy atom. The Morgan fingerprint density at radius 3 is 1.77 bits per heavy atom. The van der Waals surface area contributed by atoms with E-state index in [1.807, 2.05) is 48.5 Å². The summed E-state index contributed by atoms with van der Waals surface area (Å²) in [4.78, 5) is 72.8. The Kier molecular flexibility index (Phi) is 12.3. The summed E-state index contributed by atoms with van der Waals surface area (Å²) in [5, 5.41) is 12.3. The molecule has 15 nitrogen and oxygen atoms in total. The maximum atomic E-state index is 12.8. The van der Waals surface area contributed by atoms with E-state index in [-0.39, 0.29) is 24.7 Å². The maximum absolute atomic E-state index is 12.8. The number of rotatable bonds is 13. The summed E-state index contributed by atoms with van der Waals surface area (Å²) in [6, 6.07) is 20.4. The summed E-state index contributed by atoms with van der Waals surface area (Å²) in [6.45, 7) is 4.07. The molecule has 0 spiro atoms. The minimum Gasteiger partial charge on any atom is -0.480 e. The molecule has 1 heterocycles. The number of amides is 1. The van der Waals surface area contributed by atoms with Crippen molar-refractivity contribution in [3.8, 4) is 16.9 Å². The van der Waals surface area contributed by atoms with Crippen LogP contribution in [0.3, 0.4) is 0 Å². The van der Waals surface area contributed by atoms with Crippen molar-refractivity contribution in [3.63, 3.8) is 0 Å². The topological polar surface area (TPSA) is 199 Å². The number of hydrogen-bond acceptors (Lipinski definition) is 13. The van der Waals surface area contributed by atoms with Gasteiger partial charge < -0.3 is 43.6 Å². The number of carbonyl (C=O) groups is 6. The molecule has 0 saturated carbocycles. The van der Waals surface area contributed by atoms with E-state index in [2.05, 4.69) is 5.32 Å². The van der Waals surface area contributed by atoms with Crippen molar-refractivity contribution >= 4 is 35.9 Å². The summed E-state index contributed by atoms with van der Waals surface area (Å²) in [5.74, 6) is -4.34. The van der Waals surface area contributed by atoms with Gasteiger partial charge in [0, 0.05) is 40.0 Å². The number of ether oxygens (including phenoxy) is 7. The Morgan fingerprint density at radius 1 is 0.679 bits per heavy atom. The monoisotopic (exact) mass is 733 g/mol. The Labute approximate surface area is 304 Å². The van der Waals surface area contributed by atoms with Gasteiger partial charge in [0.2, 0.25) is 12.4 Å². The van der Waals surface area contributed by atoms with Crippen LogP contribution in [0, 0.1) is 0 Å². The first-order valence-corrected chi connectivity index (χ1v) is 16.7. The molecule has 2 N–H and O–H groups in total. The number of benzene rings is 3. The molecule has 1 fully saturated rings. The van der Waals surface area contributed by atoms with Crippen LogP contribution in [-0.4, -0.2) is 91.0 Å². The fourth-order valence-electron chi connectivity index (χ4n) is 6.34. The molecule has 1 saturated heterocycles. The van der Waals surface area contributed by atoms with Gasteiger partial charge in [-0.15, -0.1) is 0 Å². The number of fused-ring (bicyclic) bond motifs is 3. The Hall–Kier alpha value is -5.96. The van der Waals surface area contributed by atoms with Crippen LogP contribution in [0.2, 0.25) is 0 Å². The number of hydrogen-bond donors (Lipinski definition) is 2. The SMILES string of the molecule is CC(=O)OCC1OC(Oc2ccc(C[C@H](NC(=O)OCC3c4ccccc4-c4ccccc43)C(=O)O)cc2)C(OC(C)=O)C(OC(C)=O)C1OC(C)=O. The lowest BCUT2D eigenvalue weighted by atomic mass is 9.98. The van der Waals surface area contributed by atoms with Gasteiger partial charge in [0.1, 0.15) is 31.1 Å². The second-order valence-corrected chi connectivity index (χ2v) is 12.4. The van der Waals surface area contributed by atoms with E-state index < -0.39 is 79.3 Å². The molecule has 53 heavy (non-hydrogen) atoms. The number of carboxylic acid groups (broad SMARTS) is 1. The third-order valence-electron chi connectivity index (χ3n) is 8.50. The molecule has 1 aliphatic heterocycles. The van der Waals surface area contributed by atoms with E-state index in [4.69, 9.17) is 33.2 Å². The Balaban J connectivity index is 1.26. The summed E-state index contributed by atoms with van der Waals surface area (Å²) >= 11 is 0. The zero-order chi connectivity index (χ0) is 38.2. The average Bonchev–Trinajstić information content (AvgIpc) is 3.42. The maximum Gasteiger partial charge on any atom is 0.407 e. The third kappa shape index (κ3) is 9.68. The van der Waals surface area contributed by atoms with Gasteiger partial charge in [-0.1, -0.05) is 60.7 Å². The number of aliphatic carboxylic acids is 1. The van der Waals surface area contributed by atoms with E-state index in [0.717, 1.165) is 49.9 Å². The van der Waals surface area contributed by atoms with E-state index in [1.165, 1.54) is 12.1 Å². The van der Waals surface area contributed by atoms with Crippen molar-refractivity contribution in [1.82, 2.24) is 5.32 Å². The fourth-order valence-corrected chi connectivity index (χ4v) is 6.34. The first-order chi connectivity index (χ1) is 25.3. The summed E-state index contributed by atoms with van der Waals surface area (Å²) < 4.78 is 38.8. The first-order valence-electron chi connectivity index (χ1n) is 16.7. The van der Waals surface area contributed by atoms with Crippen molar-refractivity contribution < 1.29 is 67.0 Å². The van der Waals surface area contributed by atoms with Crippen molar-refractivity contribution in [2.45, 2.75) is 76.8 Å². The minimum absolute atomic E-state index is 0.0114. The van der Waals surface area contributed by atoms with Crippen LogP contribution in [0.4, 0.5) is 4.79 Å². The summed E-state index contributed by atoms with van der Waals surface area (Å²) in [7, 11) is 0. The minimum atomic E-state index is -1.46. The van der Waals surface area contributed by atoms with Crippen molar-refractivity contribution in [2.75, 3.05) is 13.2 Å². The lowest BCUT2D eigenvalue weighted by Crippen LogP contribution is -2.63. The predicted molar refractivity (Wildman–Crippen MR) is 182 cm³/mol. The highest BCUT2D eigenvalue weighted by atomic mass is 16.7. The molecule has 3 aromatic rings. The van der Waals surface area contributed by atoms with Gasteiger partial charge in [0.25, 0.3) is 0 Å². The lowest BCUT2D eigenvalue weighted by Gasteiger charge is -2.43. The van der Waals surface area contributed by atoms with Crippen molar-refractivity contribution in [1.29, 1.82) is 0 Å². The first kappa shape index (κ1) is 38.3. The molecule has 0 bridgehead atoms. The molecule has 5 rings (SSSR count). The molecule has 3 aromatic carbocycles. The van der Waals surface area contributed by atoms with Crippen LogP contribution in [0.1, 0.15) is 50.3 Å². The van der Waals surface area contributed by atoms with Crippen LogP contribution < -0.4 is 10.1 Å². The summed E-state index contributed by atoms with van der Waals surface area (Å²) in [6.07, 6.45) is -7.86. The molecular weight excluding hydrogens is 694 g/mol. The highest BCUT2D eigenvalue weighted by molar-refractivity contribution is 5.81. The highest BCUT2D eigenvalue weighted by Gasteiger charge is 2.53. The van der Waals surface area contributed by atoms with Gasteiger partial charge >= 0.3 is 35.9 Å². The van der Waals surface area contributed by atoms with Gasteiger partial charge in [-0.3, -0.25) is 19.2 Å². The number of carbonyl (C=O) groups excluding carboxylic acids is 5. The van der Waals surface area contributed by atoms with E-state index in [0.29, 0.717) is 5.56 Å². The van der Waals surface area contributed by atoms with Crippen molar-refractivity contribution in [2.24, 2.45) is 0 Å². The number of alkyl carbamates (subject to hydrolysis) is 1. The van der Waals surface area contributed by atoms with Crippen LogP contribution >= 0.6 is 0 Å². The van der Waals surface area contributed by atoms with E-state index in [9.17, 15) is 33.9 Å². The van der Waals surface area contributed by atoms with Crippen molar-refractivity contribution in [3.05, 3.63) is 89.5 Å². The molecule has 5 unspecified atom stereocenters. The van der Waals surface area contributed by atoms with Crippen LogP contribution in [0.25, 0.3) is 11.1 Å². The third-order valence-corrected chi connectivity index (χ3v) is 8.50. The van der Waals surface area contributed by atoms with Gasteiger partial charge in [-0.25, -0.2) is 9.59 Å². The van der Waals surface area contributed by atoms with Gasteiger partial charge in [0.05, 0.1) is 0 Å². The molecule has 0 radical (unpaired) electrons. The van der Waals surface area contributed by atoms with E-state index >= 15 is 0 Å². The quantitative estimate of drug-likeness (QED) is 0.190. The molecule has 280 valence electrons. The fraction of sp³-hybridized carbons (Fsp3) is 0.368. The highest BCUT2D eigenvalue weighted by Crippen LogP contribution is 2.44. The number of carboxylic acids is 1. The molecule has 0 aromatic heterocycles. The van der Waals surface area contributed by atoms with Crippen LogP contribution in [0.5, 0.6) is 5.75 Å².